The van der Waals surface area contributed by atoms with E-state index in [-0.39, 0.29) is 12.5 Å². The van der Waals surface area contributed by atoms with Crippen LogP contribution < -0.4 is 4.72 Å². The molecule has 0 aliphatic heterocycles. The molecule has 0 saturated heterocycles. The standard InChI is InChI=1S/C12H13ClFNO5S/c13-11-9(12(17)18)3-8(4-10(11)14)21(19,20)15-5-6-1-7(16)2-6/h3-4,6-7,15-16H,1-2,5H2,(H,17,18). The number of nitrogens with one attached hydrogen (secondary N) is 1. The number of carbonyl (C=O) groups is 1. The van der Waals surface area contributed by atoms with E-state index in [1.165, 1.54) is 0 Å². The predicted molar refractivity (Wildman–Crippen MR) is 72.3 cm³/mol. The molecule has 6 nitrogen and oxygen atoms in total. The fraction of sp³-hybridized carbons (Fsp3) is 0.417. The smallest absolute Gasteiger partial charge is 0.337 e. The molecular weight excluding hydrogens is 325 g/mol. The first-order valence-electron chi connectivity index (χ1n) is 6.10. The Morgan fingerprint density at radius 2 is 2.05 bits per heavy atom. The summed E-state index contributed by atoms with van der Waals surface area (Å²) in [6, 6.07) is 1.48. The van der Waals surface area contributed by atoms with Gasteiger partial charge >= 0.3 is 5.97 Å². The van der Waals surface area contributed by atoms with E-state index in [9.17, 15) is 17.6 Å². The third-order valence-corrected chi connectivity index (χ3v) is 5.10. The van der Waals surface area contributed by atoms with Gasteiger partial charge in [0, 0.05) is 6.54 Å². The molecule has 1 aliphatic carbocycles. The van der Waals surface area contributed by atoms with Crippen LogP contribution in [0.1, 0.15) is 23.2 Å². The molecule has 116 valence electrons. The van der Waals surface area contributed by atoms with Crippen molar-refractivity contribution in [3.8, 4) is 0 Å². The van der Waals surface area contributed by atoms with E-state index in [0.29, 0.717) is 18.9 Å². The largest absolute Gasteiger partial charge is 0.478 e. The van der Waals surface area contributed by atoms with Gasteiger partial charge in [0.1, 0.15) is 5.82 Å². The molecule has 0 amide bonds. The SMILES string of the molecule is O=C(O)c1cc(S(=O)(=O)NCC2CC(O)C2)cc(F)c1Cl. The van der Waals surface area contributed by atoms with E-state index in [1.54, 1.807) is 0 Å². The second-order valence-corrected chi connectivity index (χ2v) is 7.06. The van der Waals surface area contributed by atoms with E-state index in [1.807, 2.05) is 0 Å². The molecule has 0 aromatic heterocycles. The van der Waals surface area contributed by atoms with Gasteiger partial charge in [0.2, 0.25) is 10.0 Å². The summed E-state index contributed by atoms with van der Waals surface area (Å²) in [4.78, 5) is 10.4. The van der Waals surface area contributed by atoms with Gasteiger partial charge in [-0.1, -0.05) is 11.6 Å². The fourth-order valence-electron chi connectivity index (χ4n) is 2.05. The Bertz CT molecular complexity index is 672. The van der Waals surface area contributed by atoms with Gasteiger partial charge in [0.05, 0.1) is 21.6 Å². The van der Waals surface area contributed by atoms with E-state index in [4.69, 9.17) is 21.8 Å². The molecule has 3 N–H and O–H groups in total. The number of halogens is 2. The van der Waals surface area contributed by atoms with Gasteiger partial charge in [-0.2, -0.15) is 0 Å². The molecule has 1 aromatic rings. The van der Waals surface area contributed by atoms with Crippen molar-refractivity contribution in [2.75, 3.05) is 6.54 Å². The van der Waals surface area contributed by atoms with Crippen LogP contribution in [0.4, 0.5) is 4.39 Å². The van der Waals surface area contributed by atoms with Crippen LogP contribution in [0, 0.1) is 11.7 Å². The van der Waals surface area contributed by atoms with Gasteiger partial charge in [0.25, 0.3) is 0 Å². The van der Waals surface area contributed by atoms with Crippen LogP contribution in [0.5, 0.6) is 0 Å². The minimum atomic E-state index is -4.04. The number of hydrogen-bond acceptors (Lipinski definition) is 4. The minimum absolute atomic E-state index is 0.0193. The summed E-state index contributed by atoms with van der Waals surface area (Å²) in [5, 5.41) is 17.4. The van der Waals surface area contributed by atoms with Crippen molar-refractivity contribution in [1.29, 1.82) is 0 Å². The Balaban J connectivity index is 2.21. The van der Waals surface area contributed by atoms with Crippen LogP contribution in [0.15, 0.2) is 17.0 Å². The third kappa shape index (κ3) is 3.52. The lowest BCUT2D eigenvalue weighted by atomic mass is 9.83. The third-order valence-electron chi connectivity index (χ3n) is 3.32. The second kappa shape index (κ2) is 5.88. The number of aromatic carboxylic acids is 1. The van der Waals surface area contributed by atoms with E-state index in [0.717, 1.165) is 6.07 Å². The first-order chi connectivity index (χ1) is 9.70. The van der Waals surface area contributed by atoms with Crippen molar-refractivity contribution >= 4 is 27.6 Å². The summed E-state index contributed by atoms with van der Waals surface area (Å²) in [5.41, 5.74) is -0.615. The molecule has 21 heavy (non-hydrogen) atoms. The summed E-state index contributed by atoms with van der Waals surface area (Å²) in [7, 11) is -4.04. The zero-order valence-electron chi connectivity index (χ0n) is 10.7. The van der Waals surface area contributed by atoms with E-state index in [2.05, 4.69) is 4.72 Å². The molecule has 1 aromatic carbocycles. The van der Waals surface area contributed by atoms with Crippen LogP contribution in [0.3, 0.4) is 0 Å². The van der Waals surface area contributed by atoms with Gasteiger partial charge in [-0.15, -0.1) is 0 Å². The van der Waals surface area contributed by atoms with Crippen LogP contribution in [-0.4, -0.2) is 37.2 Å². The van der Waals surface area contributed by atoms with Crippen LogP contribution in [-0.2, 0) is 10.0 Å². The molecule has 0 radical (unpaired) electrons. The maximum absolute atomic E-state index is 13.5. The number of hydrogen-bond donors (Lipinski definition) is 3. The van der Waals surface area contributed by atoms with Crippen molar-refractivity contribution < 1.29 is 27.8 Å². The summed E-state index contributed by atoms with van der Waals surface area (Å²) in [6.07, 6.45) is 0.585. The summed E-state index contributed by atoms with van der Waals surface area (Å²) < 4.78 is 39.8. The normalized spacial score (nSPS) is 21.9. The van der Waals surface area contributed by atoms with Crippen molar-refractivity contribution in [2.45, 2.75) is 23.8 Å². The predicted octanol–water partition coefficient (Wildman–Crippen LogP) is 1.23. The van der Waals surface area contributed by atoms with E-state index < -0.39 is 43.4 Å². The molecule has 1 fully saturated rings. The van der Waals surface area contributed by atoms with Crippen LogP contribution in [0.2, 0.25) is 5.02 Å². The number of rotatable bonds is 5. The number of aliphatic hydroxyl groups excluding tert-OH is 1. The van der Waals surface area contributed by atoms with Crippen LogP contribution in [0.25, 0.3) is 0 Å². The average Bonchev–Trinajstić information content (AvgIpc) is 2.35. The maximum Gasteiger partial charge on any atom is 0.337 e. The molecule has 0 unspecified atom stereocenters. The molecule has 0 spiro atoms. The highest BCUT2D eigenvalue weighted by Crippen LogP contribution is 2.28. The highest BCUT2D eigenvalue weighted by molar-refractivity contribution is 7.89. The Kier molecular flexibility index (Phi) is 4.52. The number of carboxylic acids is 1. The van der Waals surface area contributed by atoms with Gasteiger partial charge < -0.3 is 10.2 Å². The lowest BCUT2D eigenvalue weighted by molar-refractivity contribution is 0.0453. The molecule has 1 saturated carbocycles. The minimum Gasteiger partial charge on any atom is -0.478 e. The van der Waals surface area contributed by atoms with Gasteiger partial charge in [-0.3, -0.25) is 0 Å². The molecule has 0 atom stereocenters. The lowest BCUT2D eigenvalue weighted by Gasteiger charge is -2.31. The molecule has 2 rings (SSSR count). The van der Waals surface area contributed by atoms with Gasteiger partial charge in [0.15, 0.2) is 0 Å². The van der Waals surface area contributed by atoms with Crippen molar-refractivity contribution in [3.63, 3.8) is 0 Å². The maximum atomic E-state index is 13.5. The van der Waals surface area contributed by atoms with E-state index >= 15 is 0 Å². The van der Waals surface area contributed by atoms with Crippen molar-refractivity contribution in [1.82, 2.24) is 4.72 Å². The number of benzene rings is 1. The quantitative estimate of drug-likeness (QED) is 0.749. The molecule has 0 bridgehead atoms. The summed E-state index contributed by atoms with van der Waals surface area (Å²) in [6.45, 7) is 0.103. The Hall–Kier alpha value is -1.22. The molecule has 1 aliphatic rings. The first kappa shape index (κ1) is 16.2. The van der Waals surface area contributed by atoms with Crippen molar-refractivity contribution in [3.05, 3.63) is 28.5 Å². The van der Waals surface area contributed by atoms with Gasteiger partial charge in [-0.05, 0) is 30.9 Å². The van der Waals surface area contributed by atoms with Crippen molar-refractivity contribution in [2.24, 2.45) is 5.92 Å². The fourth-order valence-corrected chi connectivity index (χ4v) is 3.40. The average molecular weight is 338 g/mol. The topological polar surface area (TPSA) is 104 Å². The van der Waals surface area contributed by atoms with Crippen LogP contribution >= 0.6 is 11.6 Å². The molecule has 9 heteroatoms. The first-order valence-corrected chi connectivity index (χ1v) is 7.97. The highest BCUT2D eigenvalue weighted by atomic mass is 35.5. The zero-order chi connectivity index (χ0) is 15.8. The number of sulfonamides is 1. The Morgan fingerprint density at radius 1 is 1.43 bits per heavy atom. The lowest BCUT2D eigenvalue weighted by Crippen LogP contribution is -2.38. The highest BCUT2D eigenvalue weighted by Gasteiger charge is 2.29. The number of aliphatic hydroxyl groups is 1. The number of carboxylic acid groups (broad SMARTS) is 1. The monoisotopic (exact) mass is 337 g/mol. The zero-order valence-corrected chi connectivity index (χ0v) is 12.3. The Labute approximate surface area is 125 Å². The summed E-state index contributed by atoms with van der Waals surface area (Å²) in [5.74, 6) is -2.61. The van der Waals surface area contributed by atoms with Gasteiger partial charge in [-0.25, -0.2) is 22.3 Å². The molecular formula is C12H13ClFNO5S. The summed E-state index contributed by atoms with van der Waals surface area (Å²) >= 11 is 5.49. The second-order valence-electron chi connectivity index (χ2n) is 4.91. The Morgan fingerprint density at radius 3 is 2.57 bits per heavy atom. The molecule has 0 heterocycles.